The summed E-state index contributed by atoms with van der Waals surface area (Å²) < 4.78 is 0. The molecule has 0 atom stereocenters. The molecule has 21 heavy (non-hydrogen) atoms. The molecule has 0 aliphatic heterocycles. The summed E-state index contributed by atoms with van der Waals surface area (Å²) >= 11 is 1.64. The lowest BCUT2D eigenvalue weighted by molar-refractivity contribution is 0.0696. The Hall–Kier alpha value is -1.68. The first-order chi connectivity index (χ1) is 9.68. The first kappa shape index (κ1) is 15.7. The van der Waals surface area contributed by atoms with Crippen LogP contribution in [-0.2, 0) is 11.8 Å². The fourth-order valence-corrected chi connectivity index (χ4v) is 3.26. The van der Waals surface area contributed by atoms with Crippen LogP contribution in [0, 0.1) is 13.8 Å². The molecule has 112 valence electrons. The molecule has 0 saturated carbocycles. The van der Waals surface area contributed by atoms with Crippen molar-refractivity contribution in [2.45, 2.75) is 46.5 Å². The summed E-state index contributed by atoms with van der Waals surface area (Å²) in [4.78, 5) is 15.9. The summed E-state index contributed by atoms with van der Waals surface area (Å²) in [7, 11) is 0. The third kappa shape index (κ3) is 3.50. The molecule has 1 aromatic carbocycles. The van der Waals surface area contributed by atoms with E-state index in [0.29, 0.717) is 12.0 Å². The Labute approximate surface area is 129 Å². The van der Waals surface area contributed by atoms with Gasteiger partial charge in [-0.15, -0.1) is 11.3 Å². The van der Waals surface area contributed by atoms with E-state index in [4.69, 9.17) is 0 Å². The fourth-order valence-electron chi connectivity index (χ4n) is 2.22. The summed E-state index contributed by atoms with van der Waals surface area (Å²) in [5.74, 6) is -0.872. The van der Waals surface area contributed by atoms with Gasteiger partial charge in [-0.3, -0.25) is 0 Å². The second kappa shape index (κ2) is 5.60. The lowest BCUT2D eigenvalue weighted by atomic mass is 9.93. The van der Waals surface area contributed by atoms with Crippen LogP contribution in [0.15, 0.2) is 17.5 Å². The lowest BCUT2D eigenvalue weighted by Gasteiger charge is -2.14. The van der Waals surface area contributed by atoms with Crippen molar-refractivity contribution < 1.29 is 9.90 Å². The average molecular weight is 303 g/mol. The third-order valence-corrected chi connectivity index (χ3v) is 4.42. The number of hydrogen-bond acceptors (Lipinski definition) is 3. The van der Waals surface area contributed by atoms with Crippen LogP contribution < -0.4 is 0 Å². The van der Waals surface area contributed by atoms with Crippen molar-refractivity contribution in [2.75, 3.05) is 0 Å². The molecule has 0 saturated heterocycles. The molecular weight excluding hydrogens is 282 g/mol. The minimum Gasteiger partial charge on any atom is -0.478 e. The van der Waals surface area contributed by atoms with Crippen molar-refractivity contribution in [3.05, 3.63) is 50.5 Å². The Balaban J connectivity index is 2.33. The van der Waals surface area contributed by atoms with Gasteiger partial charge in [-0.05, 0) is 36.6 Å². The average Bonchev–Trinajstić information content (AvgIpc) is 2.80. The minimum atomic E-state index is -0.872. The number of nitrogens with zero attached hydrogens (tertiary/aromatic N) is 1. The molecule has 4 heteroatoms. The van der Waals surface area contributed by atoms with Gasteiger partial charge in [-0.2, -0.15) is 0 Å². The fraction of sp³-hybridized carbons (Fsp3) is 0.412. The van der Waals surface area contributed by atoms with E-state index >= 15 is 0 Å². The van der Waals surface area contributed by atoms with E-state index in [1.165, 1.54) is 0 Å². The van der Waals surface area contributed by atoms with Gasteiger partial charge in [-0.25, -0.2) is 9.78 Å². The molecule has 0 aliphatic carbocycles. The Bertz CT molecular complexity index is 681. The maximum atomic E-state index is 11.3. The maximum absolute atomic E-state index is 11.3. The molecule has 0 fully saturated rings. The van der Waals surface area contributed by atoms with Crippen LogP contribution in [0.1, 0.15) is 58.5 Å². The Morgan fingerprint density at radius 3 is 2.43 bits per heavy atom. The summed E-state index contributed by atoms with van der Waals surface area (Å²) in [6.07, 6.45) is 0.688. The van der Waals surface area contributed by atoms with Gasteiger partial charge in [-0.1, -0.05) is 26.8 Å². The Kier molecular flexibility index (Phi) is 4.19. The maximum Gasteiger partial charge on any atom is 0.335 e. The zero-order chi connectivity index (χ0) is 15.8. The van der Waals surface area contributed by atoms with Crippen molar-refractivity contribution >= 4 is 17.3 Å². The van der Waals surface area contributed by atoms with Crippen LogP contribution in [0.4, 0.5) is 0 Å². The van der Waals surface area contributed by atoms with Gasteiger partial charge in [0, 0.05) is 17.2 Å². The van der Waals surface area contributed by atoms with Crippen molar-refractivity contribution in [2.24, 2.45) is 0 Å². The lowest BCUT2D eigenvalue weighted by Crippen LogP contribution is -2.11. The number of hydrogen-bond donors (Lipinski definition) is 1. The molecule has 0 aliphatic rings. The predicted octanol–water partition coefficient (Wildman–Crippen LogP) is 4.35. The van der Waals surface area contributed by atoms with Crippen LogP contribution in [-0.4, -0.2) is 16.1 Å². The SMILES string of the molecule is Cc1cc(C)c(C(=O)O)cc1Cc1nc(C(C)(C)C)cs1. The van der Waals surface area contributed by atoms with E-state index < -0.39 is 5.97 Å². The predicted molar refractivity (Wildman–Crippen MR) is 86.5 cm³/mol. The molecule has 2 aromatic rings. The molecule has 0 amide bonds. The summed E-state index contributed by atoms with van der Waals surface area (Å²) in [5.41, 5.74) is 4.47. The van der Waals surface area contributed by atoms with Gasteiger partial charge in [0.25, 0.3) is 0 Å². The van der Waals surface area contributed by atoms with Gasteiger partial charge in [0.1, 0.15) is 0 Å². The molecule has 1 N–H and O–H groups in total. The van der Waals surface area contributed by atoms with Gasteiger partial charge in [0.15, 0.2) is 0 Å². The van der Waals surface area contributed by atoms with Gasteiger partial charge in [0.05, 0.1) is 16.3 Å². The van der Waals surface area contributed by atoms with Crippen LogP contribution in [0.25, 0.3) is 0 Å². The number of rotatable bonds is 3. The second-order valence-corrected chi connectivity index (χ2v) is 7.39. The van der Waals surface area contributed by atoms with Crippen molar-refractivity contribution in [3.8, 4) is 0 Å². The van der Waals surface area contributed by atoms with E-state index in [2.05, 4.69) is 31.1 Å². The molecule has 1 heterocycles. The highest BCUT2D eigenvalue weighted by molar-refractivity contribution is 7.09. The zero-order valence-electron chi connectivity index (χ0n) is 13.2. The van der Waals surface area contributed by atoms with Crippen LogP contribution in [0.5, 0.6) is 0 Å². The number of thiazole rings is 1. The Morgan fingerprint density at radius 1 is 1.24 bits per heavy atom. The topological polar surface area (TPSA) is 50.2 Å². The first-order valence-electron chi connectivity index (χ1n) is 6.97. The standard InChI is InChI=1S/C17H21NO2S/c1-10-6-11(2)13(16(19)20)7-12(10)8-15-18-14(9-21-15)17(3,4)5/h6-7,9H,8H2,1-5H3,(H,19,20). The van der Waals surface area contributed by atoms with Crippen molar-refractivity contribution in [1.29, 1.82) is 0 Å². The van der Waals surface area contributed by atoms with Crippen LogP contribution in [0.2, 0.25) is 0 Å². The first-order valence-corrected chi connectivity index (χ1v) is 7.84. The van der Waals surface area contributed by atoms with Gasteiger partial charge in [0.2, 0.25) is 0 Å². The highest BCUT2D eigenvalue weighted by atomic mass is 32.1. The number of benzene rings is 1. The summed E-state index contributed by atoms with van der Waals surface area (Å²) in [6, 6.07) is 3.72. The van der Waals surface area contributed by atoms with E-state index in [9.17, 15) is 9.90 Å². The molecule has 0 unspecified atom stereocenters. The van der Waals surface area contributed by atoms with Crippen LogP contribution >= 0.6 is 11.3 Å². The highest BCUT2D eigenvalue weighted by Gasteiger charge is 2.18. The largest absolute Gasteiger partial charge is 0.478 e. The molecule has 2 rings (SSSR count). The quantitative estimate of drug-likeness (QED) is 0.917. The highest BCUT2D eigenvalue weighted by Crippen LogP contribution is 2.26. The molecule has 3 nitrogen and oxygen atoms in total. The number of carbonyl (C=O) groups is 1. The van der Waals surface area contributed by atoms with Gasteiger partial charge >= 0.3 is 5.97 Å². The van der Waals surface area contributed by atoms with Gasteiger partial charge < -0.3 is 5.11 Å². The second-order valence-electron chi connectivity index (χ2n) is 6.45. The molecule has 0 spiro atoms. The molecular formula is C17H21NO2S. The number of carboxylic acid groups (broad SMARTS) is 1. The van der Waals surface area contributed by atoms with E-state index in [1.807, 2.05) is 19.9 Å². The molecule has 0 radical (unpaired) electrons. The summed E-state index contributed by atoms with van der Waals surface area (Å²) in [6.45, 7) is 10.3. The normalized spacial score (nSPS) is 11.7. The number of aromatic nitrogens is 1. The number of aromatic carboxylic acids is 1. The van der Waals surface area contributed by atoms with E-state index in [1.54, 1.807) is 17.4 Å². The smallest absolute Gasteiger partial charge is 0.335 e. The molecule has 1 aromatic heterocycles. The van der Waals surface area contributed by atoms with E-state index in [0.717, 1.165) is 27.4 Å². The van der Waals surface area contributed by atoms with E-state index in [-0.39, 0.29) is 5.41 Å². The van der Waals surface area contributed by atoms with Crippen LogP contribution in [0.3, 0.4) is 0 Å². The zero-order valence-corrected chi connectivity index (χ0v) is 14.0. The Morgan fingerprint density at radius 2 is 1.90 bits per heavy atom. The summed E-state index contributed by atoms with van der Waals surface area (Å²) in [5, 5.41) is 12.4. The van der Waals surface area contributed by atoms with Crippen molar-refractivity contribution in [1.82, 2.24) is 4.98 Å². The number of carboxylic acids is 1. The third-order valence-electron chi connectivity index (χ3n) is 3.58. The monoisotopic (exact) mass is 303 g/mol. The molecule has 0 bridgehead atoms. The minimum absolute atomic E-state index is 0.0449. The van der Waals surface area contributed by atoms with Crippen molar-refractivity contribution in [3.63, 3.8) is 0 Å². The number of aryl methyl sites for hydroxylation is 2.